The average molecular weight is 286 g/mol. The Morgan fingerprint density at radius 3 is 2.79 bits per heavy atom. The number of carbonyl (C=O) groups excluding carboxylic acids is 1. The van der Waals surface area contributed by atoms with Crippen LogP contribution in [0.1, 0.15) is 26.2 Å². The Morgan fingerprint density at radius 2 is 2.21 bits per heavy atom. The molecule has 1 unspecified atom stereocenters. The standard InChI is InChI=1S/C13H26N4OS/c1-4-7-14-13(16-10-12(18)17(2)3)15-9-11-6-5-8-19-11/h11H,4-10H2,1-3H3,(H2,14,15,16). The van der Waals surface area contributed by atoms with Crippen molar-refractivity contribution in [3.05, 3.63) is 0 Å². The number of thioether (sulfide) groups is 1. The maximum atomic E-state index is 11.5. The summed E-state index contributed by atoms with van der Waals surface area (Å²) in [5.41, 5.74) is 0. The highest BCUT2D eigenvalue weighted by Gasteiger charge is 2.15. The Hall–Kier alpha value is -0.910. The molecule has 0 bridgehead atoms. The average Bonchev–Trinajstić information content (AvgIpc) is 2.90. The Morgan fingerprint density at radius 1 is 1.42 bits per heavy atom. The first-order valence-corrected chi connectivity index (χ1v) is 8.02. The molecule has 0 saturated carbocycles. The van der Waals surface area contributed by atoms with Crippen molar-refractivity contribution in [1.29, 1.82) is 0 Å². The molecular formula is C13H26N4OS. The number of nitrogens with zero attached hydrogens (tertiary/aromatic N) is 2. The molecule has 1 fully saturated rings. The minimum atomic E-state index is 0.0211. The molecule has 0 radical (unpaired) electrons. The van der Waals surface area contributed by atoms with Crippen molar-refractivity contribution >= 4 is 23.6 Å². The van der Waals surface area contributed by atoms with Crippen molar-refractivity contribution in [2.45, 2.75) is 31.4 Å². The van der Waals surface area contributed by atoms with Crippen molar-refractivity contribution in [2.24, 2.45) is 4.99 Å². The SMILES string of the molecule is CCCNC(=NCC(=O)N(C)C)NCC1CCCS1. The molecule has 5 nitrogen and oxygen atoms in total. The Kier molecular flexibility index (Phi) is 7.70. The van der Waals surface area contributed by atoms with E-state index in [0.717, 1.165) is 25.5 Å². The van der Waals surface area contributed by atoms with Crippen molar-refractivity contribution in [2.75, 3.05) is 39.5 Å². The Bertz CT molecular complexity index is 301. The predicted molar refractivity (Wildman–Crippen MR) is 82.8 cm³/mol. The molecule has 0 aromatic carbocycles. The molecule has 1 heterocycles. The molecule has 110 valence electrons. The molecule has 0 spiro atoms. The quantitative estimate of drug-likeness (QED) is 0.563. The third-order valence-electron chi connectivity index (χ3n) is 2.93. The topological polar surface area (TPSA) is 56.7 Å². The summed E-state index contributed by atoms with van der Waals surface area (Å²) < 4.78 is 0. The molecule has 0 aromatic rings. The van der Waals surface area contributed by atoms with Gasteiger partial charge in [-0.3, -0.25) is 4.79 Å². The van der Waals surface area contributed by atoms with Crippen molar-refractivity contribution in [3.63, 3.8) is 0 Å². The number of rotatable bonds is 6. The number of aliphatic imine (C=N–C) groups is 1. The van der Waals surface area contributed by atoms with Crippen molar-refractivity contribution < 1.29 is 4.79 Å². The van der Waals surface area contributed by atoms with Crippen LogP contribution in [0.2, 0.25) is 0 Å². The van der Waals surface area contributed by atoms with Gasteiger partial charge in [0.25, 0.3) is 0 Å². The number of likely N-dealkylation sites (N-methyl/N-ethyl adjacent to an activating group) is 1. The number of hydrogen-bond donors (Lipinski definition) is 2. The van der Waals surface area contributed by atoms with Gasteiger partial charge in [0.05, 0.1) is 0 Å². The second-order valence-electron chi connectivity index (χ2n) is 4.90. The van der Waals surface area contributed by atoms with Gasteiger partial charge in [-0.2, -0.15) is 11.8 Å². The fourth-order valence-electron chi connectivity index (χ4n) is 1.72. The first-order valence-electron chi connectivity index (χ1n) is 6.97. The van der Waals surface area contributed by atoms with Gasteiger partial charge >= 0.3 is 0 Å². The van der Waals surface area contributed by atoms with Gasteiger partial charge in [-0.1, -0.05) is 6.92 Å². The van der Waals surface area contributed by atoms with Crippen LogP contribution in [-0.4, -0.2) is 61.5 Å². The van der Waals surface area contributed by atoms with Crippen LogP contribution in [0.25, 0.3) is 0 Å². The lowest BCUT2D eigenvalue weighted by Gasteiger charge is -2.15. The largest absolute Gasteiger partial charge is 0.356 e. The fraction of sp³-hybridized carbons (Fsp3) is 0.846. The number of hydrogen-bond acceptors (Lipinski definition) is 3. The molecule has 6 heteroatoms. The van der Waals surface area contributed by atoms with Gasteiger partial charge < -0.3 is 15.5 Å². The number of guanidine groups is 1. The zero-order valence-electron chi connectivity index (χ0n) is 12.2. The minimum Gasteiger partial charge on any atom is -0.356 e. The summed E-state index contributed by atoms with van der Waals surface area (Å²) in [6.45, 7) is 4.11. The second kappa shape index (κ2) is 9.07. The van der Waals surface area contributed by atoms with Crippen LogP contribution in [-0.2, 0) is 4.79 Å². The number of carbonyl (C=O) groups is 1. The maximum absolute atomic E-state index is 11.5. The van der Waals surface area contributed by atoms with Gasteiger partial charge in [-0.05, 0) is 25.0 Å². The van der Waals surface area contributed by atoms with E-state index in [-0.39, 0.29) is 12.5 Å². The molecule has 1 saturated heterocycles. The van der Waals surface area contributed by atoms with Gasteiger partial charge in [0.1, 0.15) is 6.54 Å². The van der Waals surface area contributed by atoms with Crippen LogP contribution < -0.4 is 10.6 Å². The summed E-state index contributed by atoms with van der Waals surface area (Å²) in [5.74, 6) is 2.04. The first-order chi connectivity index (χ1) is 9.13. The van der Waals surface area contributed by atoms with Gasteiger partial charge in [0.2, 0.25) is 5.91 Å². The molecule has 1 amide bonds. The molecule has 0 aromatic heterocycles. The third-order valence-corrected chi connectivity index (χ3v) is 4.33. The van der Waals surface area contributed by atoms with Gasteiger partial charge in [-0.25, -0.2) is 4.99 Å². The number of nitrogens with one attached hydrogen (secondary N) is 2. The lowest BCUT2D eigenvalue weighted by atomic mass is 10.2. The third kappa shape index (κ3) is 6.71. The molecule has 1 aliphatic heterocycles. The molecule has 0 aliphatic carbocycles. The van der Waals surface area contributed by atoms with Gasteiger partial charge in [0.15, 0.2) is 5.96 Å². The molecule has 1 atom stereocenters. The van der Waals surface area contributed by atoms with E-state index in [4.69, 9.17) is 0 Å². The van der Waals surface area contributed by atoms with E-state index in [0.29, 0.717) is 5.25 Å². The number of amides is 1. The normalized spacial score (nSPS) is 19.3. The highest BCUT2D eigenvalue weighted by atomic mass is 32.2. The fourth-order valence-corrected chi connectivity index (χ4v) is 2.92. The monoisotopic (exact) mass is 286 g/mol. The van der Waals surface area contributed by atoms with E-state index < -0.39 is 0 Å². The summed E-state index contributed by atoms with van der Waals surface area (Å²) in [6, 6.07) is 0. The van der Waals surface area contributed by atoms with Crippen LogP contribution in [0.3, 0.4) is 0 Å². The van der Waals surface area contributed by atoms with Crippen molar-refractivity contribution in [3.8, 4) is 0 Å². The van der Waals surface area contributed by atoms with Crippen LogP contribution >= 0.6 is 11.8 Å². The molecule has 1 rings (SSSR count). The van der Waals surface area contributed by atoms with Crippen LogP contribution in [0.5, 0.6) is 0 Å². The molecule has 2 N–H and O–H groups in total. The minimum absolute atomic E-state index is 0.0211. The summed E-state index contributed by atoms with van der Waals surface area (Å²) >= 11 is 2.02. The summed E-state index contributed by atoms with van der Waals surface area (Å²) in [6.07, 6.45) is 3.63. The van der Waals surface area contributed by atoms with Gasteiger partial charge in [-0.15, -0.1) is 0 Å². The predicted octanol–water partition coefficient (Wildman–Crippen LogP) is 0.915. The highest BCUT2D eigenvalue weighted by molar-refractivity contribution is 8.00. The Labute approximate surface area is 120 Å². The lowest BCUT2D eigenvalue weighted by molar-refractivity contribution is -0.127. The van der Waals surface area contributed by atoms with Crippen LogP contribution in [0.15, 0.2) is 4.99 Å². The zero-order chi connectivity index (χ0) is 14.1. The van der Waals surface area contributed by atoms with E-state index in [1.807, 2.05) is 11.8 Å². The molecule has 1 aliphatic rings. The Balaban J connectivity index is 2.40. The lowest BCUT2D eigenvalue weighted by Crippen LogP contribution is -2.41. The van der Waals surface area contributed by atoms with Crippen LogP contribution in [0, 0.1) is 0 Å². The van der Waals surface area contributed by atoms with E-state index in [1.165, 1.54) is 18.6 Å². The molecular weight excluding hydrogens is 260 g/mol. The smallest absolute Gasteiger partial charge is 0.243 e. The maximum Gasteiger partial charge on any atom is 0.243 e. The highest BCUT2D eigenvalue weighted by Crippen LogP contribution is 2.25. The van der Waals surface area contributed by atoms with E-state index in [1.54, 1.807) is 19.0 Å². The summed E-state index contributed by atoms with van der Waals surface area (Å²) in [5, 5.41) is 7.26. The second-order valence-corrected chi connectivity index (χ2v) is 6.30. The van der Waals surface area contributed by atoms with Gasteiger partial charge in [0, 0.05) is 32.4 Å². The van der Waals surface area contributed by atoms with E-state index in [9.17, 15) is 4.79 Å². The molecule has 19 heavy (non-hydrogen) atoms. The van der Waals surface area contributed by atoms with Crippen LogP contribution in [0.4, 0.5) is 0 Å². The zero-order valence-corrected chi connectivity index (χ0v) is 13.1. The van der Waals surface area contributed by atoms with Crippen molar-refractivity contribution in [1.82, 2.24) is 15.5 Å². The summed E-state index contributed by atoms with van der Waals surface area (Å²) in [4.78, 5) is 17.4. The first kappa shape index (κ1) is 16.1. The van der Waals surface area contributed by atoms with E-state index >= 15 is 0 Å². The van der Waals surface area contributed by atoms with E-state index in [2.05, 4.69) is 22.5 Å². The summed E-state index contributed by atoms with van der Waals surface area (Å²) in [7, 11) is 3.50.